The molecule has 1 atom stereocenters. The molecule has 6 nitrogen and oxygen atoms in total. The molecule has 0 radical (unpaired) electrons. The van der Waals surface area contributed by atoms with Gasteiger partial charge in [0.1, 0.15) is 11.9 Å². The van der Waals surface area contributed by atoms with Gasteiger partial charge in [-0.15, -0.1) is 11.3 Å². The van der Waals surface area contributed by atoms with E-state index in [0.29, 0.717) is 12.2 Å². The lowest BCUT2D eigenvalue weighted by Gasteiger charge is -2.21. The Morgan fingerprint density at radius 2 is 1.67 bits per heavy atom. The third-order valence-electron chi connectivity index (χ3n) is 4.09. The number of carbonyl (C=O) groups is 2. The molecule has 0 aliphatic rings. The number of carboxylic acid groups (broad SMARTS) is 2. The van der Waals surface area contributed by atoms with Crippen LogP contribution < -0.4 is 4.74 Å². The van der Waals surface area contributed by atoms with Crippen molar-refractivity contribution in [1.82, 2.24) is 4.90 Å². The van der Waals surface area contributed by atoms with E-state index in [-0.39, 0.29) is 6.10 Å². The van der Waals surface area contributed by atoms with E-state index in [1.807, 2.05) is 0 Å². The maximum atomic E-state index is 9.55. The molecular weight excluding hydrogens is 402 g/mol. The van der Waals surface area contributed by atoms with Gasteiger partial charge < -0.3 is 19.8 Å². The van der Waals surface area contributed by atoms with Crippen LogP contribution in [0.15, 0.2) is 72.1 Å². The largest absolute Gasteiger partial charge is 0.484 e. The van der Waals surface area contributed by atoms with E-state index in [2.05, 4.69) is 79.0 Å². The van der Waals surface area contributed by atoms with E-state index in [1.54, 1.807) is 11.3 Å². The zero-order valence-electron chi connectivity index (χ0n) is 16.9. The molecule has 30 heavy (non-hydrogen) atoms. The fraction of sp³-hybridized carbons (Fsp3) is 0.217. The number of thiophene rings is 1. The molecule has 1 aromatic heterocycles. The molecule has 3 aromatic rings. The summed E-state index contributed by atoms with van der Waals surface area (Å²) in [6, 6.07) is 18.9. The van der Waals surface area contributed by atoms with Gasteiger partial charge in [0.25, 0.3) is 0 Å². The highest BCUT2D eigenvalue weighted by atomic mass is 32.1. The lowest BCUT2D eigenvalue weighted by Crippen LogP contribution is -2.18. The average molecular weight is 428 g/mol. The molecule has 0 aliphatic carbocycles. The van der Waals surface area contributed by atoms with Crippen molar-refractivity contribution in [2.75, 3.05) is 20.6 Å². The van der Waals surface area contributed by atoms with Crippen LogP contribution in [0, 0.1) is 0 Å². The van der Waals surface area contributed by atoms with E-state index in [0.717, 1.165) is 18.7 Å². The van der Waals surface area contributed by atoms with Gasteiger partial charge in [0.2, 0.25) is 0 Å². The van der Waals surface area contributed by atoms with Crippen LogP contribution in [0.1, 0.15) is 17.4 Å². The molecule has 0 fully saturated rings. The first-order chi connectivity index (χ1) is 14.4. The zero-order chi connectivity index (χ0) is 21.9. The molecule has 1 heterocycles. The lowest BCUT2D eigenvalue weighted by molar-refractivity contribution is -0.134. The first kappa shape index (κ1) is 23.1. The SMILES string of the molecule is CN(C)CC[C@H](Oc1cccc2ccccc12)c1cccs1.O=C(O)/C=C\C(=O)O. The Hall–Kier alpha value is -3.16. The highest BCUT2D eigenvalue weighted by molar-refractivity contribution is 7.10. The average Bonchev–Trinajstić information content (AvgIpc) is 3.25. The number of nitrogens with zero attached hydrogens (tertiary/aromatic N) is 1. The molecular formula is C23H25NO5S. The maximum Gasteiger partial charge on any atom is 0.328 e. The van der Waals surface area contributed by atoms with Gasteiger partial charge in [0.05, 0.1) is 0 Å². The van der Waals surface area contributed by atoms with E-state index < -0.39 is 11.9 Å². The molecule has 0 unspecified atom stereocenters. The smallest absolute Gasteiger partial charge is 0.328 e. The number of carboxylic acids is 2. The predicted molar refractivity (Wildman–Crippen MR) is 119 cm³/mol. The fourth-order valence-corrected chi connectivity index (χ4v) is 3.49. The Kier molecular flexibility index (Phi) is 9.05. The third-order valence-corrected chi connectivity index (χ3v) is 5.05. The summed E-state index contributed by atoms with van der Waals surface area (Å²) in [6.45, 7) is 1.01. The van der Waals surface area contributed by atoms with Crippen molar-refractivity contribution in [2.24, 2.45) is 0 Å². The second-order valence-electron chi connectivity index (χ2n) is 6.70. The molecule has 3 rings (SSSR count). The summed E-state index contributed by atoms with van der Waals surface area (Å²) in [7, 11) is 4.20. The van der Waals surface area contributed by atoms with E-state index in [1.165, 1.54) is 15.6 Å². The maximum absolute atomic E-state index is 9.55. The van der Waals surface area contributed by atoms with E-state index >= 15 is 0 Å². The van der Waals surface area contributed by atoms with Gasteiger partial charge in [0, 0.05) is 35.4 Å². The molecule has 0 amide bonds. The monoisotopic (exact) mass is 427 g/mol. The Morgan fingerprint density at radius 1 is 1.00 bits per heavy atom. The molecule has 2 N–H and O–H groups in total. The molecule has 0 saturated heterocycles. The Bertz CT molecular complexity index is 961. The highest BCUT2D eigenvalue weighted by Gasteiger charge is 2.16. The molecule has 7 heteroatoms. The van der Waals surface area contributed by atoms with Crippen LogP contribution >= 0.6 is 11.3 Å². The van der Waals surface area contributed by atoms with Crippen LogP contribution in [-0.4, -0.2) is 47.7 Å². The van der Waals surface area contributed by atoms with E-state index in [9.17, 15) is 9.59 Å². The number of ether oxygens (including phenoxy) is 1. The summed E-state index contributed by atoms with van der Waals surface area (Å²) in [6.07, 6.45) is 2.20. The summed E-state index contributed by atoms with van der Waals surface area (Å²) in [5.74, 6) is -1.55. The van der Waals surface area contributed by atoms with Crippen molar-refractivity contribution in [2.45, 2.75) is 12.5 Å². The van der Waals surface area contributed by atoms with Gasteiger partial charge >= 0.3 is 11.9 Å². The lowest BCUT2D eigenvalue weighted by atomic mass is 10.1. The van der Waals surface area contributed by atoms with Crippen molar-refractivity contribution in [3.63, 3.8) is 0 Å². The highest BCUT2D eigenvalue weighted by Crippen LogP contribution is 2.32. The number of rotatable bonds is 8. The summed E-state index contributed by atoms with van der Waals surface area (Å²) >= 11 is 1.76. The third kappa shape index (κ3) is 7.69. The number of fused-ring (bicyclic) bond motifs is 1. The standard InChI is InChI=1S/C19H21NOS.C4H4O4/c1-20(2)13-12-18(19-11-6-14-22-19)21-17-10-5-8-15-7-3-4-9-16(15)17;5-3(6)1-2-4(7)8/h3-11,14,18H,12-13H2,1-2H3;1-2H,(H,5,6)(H,7,8)/b;2-1-/t18-;/m0./s1. The number of hydrogen-bond donors (Lipinski definition) is 2. The summed E-state index contributed by atoms with van der Waals surface area (Å²) in [5.41, 5.74) is 0. The van der Waals surface area contributed by atoms with Crippen LogP contribution in [0.3, 0.4) is 0 Å². The first-order valence-corrected chi connectivity index (χ1v) is 10.2. The van der Waals surface area contributed by atoms with Crippen LogP contribution in [0.25, 0.3) is 10.8 Å². The van der Waals surface area contributed by atoms with Gasteiger partial charge in [-0.2, -0.15) is 0 Å². The molecule has 158 valence electrons. The van der Waals surface area contributed by atoms with Gasteiger partial charge in [-0.1, -0.05) is 42.5 Å². The summed E-state index contributed by atoms with van der Waals surface area (Å²) < 4.78 is 6.41. The van der Waals surface area contributed by atoms with Gasteiger partial charge in [0.15, 0.2) is 0 Å². The summed E-state index contributed by atoms with van der Waals surface area (Å²) in [4.78, 5) is 22.6. The Morgan fingerprint density at radius 3 is 2.27 bits per heavy atom. The fourth-order valence-electron chi connectivity index (χ4n) is 2.70. The number of hydrogen-bond acceptors (Lipinski definition) is 5. The first-order valence-electron chi connectivity index (χ1n) is 9.33. The topological polar surface area (TPSA) is 87.1 Å². The van der Waals surface area contributed by atoms with Crippen molar-refractivity contribution in [3.8, 4) is 5.75 Å². The molecule has 0 spiro atoms. The quantitative estimate of drug-likeness (QED) is 0.508. The minimum Gasteiger partial charge on any atom is -0.484 e. The zero-order valence-corrected chi connectivity index (χ0v) is 17.7. The summed E-state index contributed by atoms with van der Waals surface area (Å²) in [5, 5.41) is 20.1. The Balaban J connectivity index is 0.000000343. The van der Waals surface area contributed by atoms with Gasteiger partial charge in [-0.05, 0) is 37.0 Å². The van der Waals surface area contributed by atoms with E-state index in [4.69, 9.17) is 14.9 Å². The minimum atomic E-state index is -1.26. The van der Waals surface area contributed by atoms with Crippen molar-refractivity contribution >= 4 is 34.0 Å². The van der Waals surface area contributed by atoms with Crippen LogP contribution in [0.4, 0.5) is 0 Å². The molecule has 0 bridgehead atoms. The van der Waals surface area contributed by atoms with Crippen molar-refractivity contribution in [3.05, 3.63) is 77.0 Å². The van der Waals surface area contributed by atoms with Crippen LogP contribution in [0.2, 0.25) is 0 Å². The second-order valence-corrected chi connectivity index (χ2v) is 7.68. The van der Waals surface area contributed by atoms with Gasteiger partial charge in [-0.3, -0.25) is 0 Å². The Labute approximate surface area is 179 Å². The van der Waals surface area contributed by atoms with Gasteiger partial charge in [-0.25, -0.2) is 9.59 Å². The normalized spacial score (nSPS) is 11.8. The van der Waals surface area contributed by atoms with Crippen LogP contribution in [0.5, 0.6) is 5.75 Å². The number of aliphatic carboxylic acids is 2. The second kappa shape index (κ2) is 11.7. The molecule has 0 aliphatic heterocycles. The molecule has 0 saturated carbocycles. The molecule has 2 aromatic carbocycles. The number of benzene rings is 2. The van der Waals surface area contributed by atoms with Crippen molar-refractivity contribution in [1.29, 1.82) is 0 Å². The van der Waals surface area contributed by atoms with Crippen molar-refractivity contribution < 1.29 is 24.5 Å². The minimum absolute atomic E-state index is 0.105. The van der Waals surface area contributed by atoms with Crippen LogP contribution in [-0.2, 0) is 9.59 Å². The predicted octanol–water partition coefficient (Wildman–Crippen LogP) is 4.68.